The van der Waals surface area contributed by atoms with Crippen molar-refractivity contribution >= 4 is 0 Å². The van der Waals surface area contributed by atoms with Gasteiger partial charge in [0, 0.05) is 23.5 Å². The van der Waals surface area contributed by atoms with E-state index in [1.165, 1.54) is 25.4 Å². The molecule has 0 aliphatic heterocycles. The van der Waals surface area contributed by atoms with E-state index < -0.39 is 18.2 Å². The van der Waals surface area contributed by atoms with Gasteiger partial charge in [0.2, 0.25) is 11.8 Å². The highest BCUT2D eigenvalue weighted by Crippen LogP contribution is 2.35. The van der Waals surface area contributed by atoms with Gasteiger partial charge in [0.05, 0.1) is 19.9 Å². The Morgan fingerprint density at radius 1 is 0.962 bits per heavy atom. The molecule has 6 nitrogen and oxygen atoms in total. The molecule has 0 radical (unpaired) electrons. The molecule has 2 N–H and O–H groups in total. The van der Waals surface area contributed by atoms with E-state index in [0.29, 0.717) is 17.0 Å². The summed E-state index contributed by atoms with van der Waals surface area (Å²) >= 11 is 0. The number of pyridine rings is 3. The van der Waals surface area contributed by atoms with Gasteiger partial charge in [-0.3, -0.25) is 4.98 Å². The van der Waals surface area contributed by atoms with E-state index in [9.17, 15) is 8.78 Å². The first-order chi connectivity index (χ1) is 12.5. The number of methoxy groups -OCH3 is 1. The van der Waals surface area contributed by atoms with Crippen molar-refractivity contribution < 1.29 is 18.3 Å². The molecule has 3 rings (SSSR count). The molecule has 0 spiro atoms. The molecule has 0 unspecified atom stereocenters. The van der Waals surface area contributed by atoms with Crippen molar-refractivity contribution in [2.24, 2.45) is 5.73 Å². The molecule has 0 aliphatic rings. The zero-order valence-corrected chi connectivity index (χ0v) is 13.9. The van der Waals surface area contributed by atoms with Gasteiger partial charge in [0.15, 0.2) is 0 Å². The zero-order chi connectivity index (χ0) is 18.6. The molecule has 3 heterocycles. The minimum Gasteiger partial charge on any atom is -0.481 e. The van der Waals surface area contributed by atoms with Gasteiger partial charge in [0.25, 0.3) is 0 Å². The summed E-state index contributed by atoms with van der Waals surface area (Å²) in [5, 5.41) is 0. The van der Waals surface area contributed by atoms with E-state index in [1.54, 1.807) is 30.6 Å². The van der Waals surface area contributed by atoms with Crippen LogP contribution in [0.2, 0.25) is 0 Å². The summed E-state index contributed by atoms with van der Waals surface area (Å²) in [4.78, 5) is 12.1. The topological polar surface area (TPSA) is 83.2 Å². The van der Waals surface area contributed by atoms with Gasteiger partial charge in [-0.1, -0.05) is 0 Å². The average Bonchev–Trinajstić information content (AvgIpc) is 2.69. The number of nitrogens with two attached hydrogens (primary N) is 1. The highest BCUT2D eigenvalue weighted by atomic mass is 19.3. The van der Waals surface area contributed by atoms with Crippen molar-refractivity contribution in [2.45, 2.75) is 5.92 Å². The lowest BCUT2D eigenvalue weighted by atomic mass is 10.1. The van der Waals surface area contributed by atoms with Crippen molar-refractivity contribution in [3.63, 3.8) is 0 Å². The third-order valence-corrected chi connectivity index (χ3v) is 3.61. The van der Waals surface area contributed by atoms with Crippen LogP contribution in [0.1, 0.15) is 5.69 Å². The van der Waals surface area contributed by atoms with Crippen LogP contribution in [0.4, 0.5) is 8.78 Å². The standard InChI is InChI=1S/C18H16F2N4O2/c1-25-16-13(4-2-8-22-16)14-5-3-9-23-17(14)26-12-6-7-15(24-10-12)18(19,20)11-21/h2-10H,11,21H2,1H3. The minimum atomic E-state index is -3.18. The first-order valence-electron chi connectivity index (χ1n) is 7.72. The molecular formula is C18H16F2N4O2. The zero-order valence-electron chi connectivity index (χ0n) is 13.9. The van der Waals surface area contributed by atoms with Gasteiger partial charge in [-0.2, -0.15) is 8.78 Å². The molecule has 3 aromatic rings. The van der Waals surface area contributed by atoms with Crippen LogP contribution in [-0.2, 0) is 5.92 Å². The molecule has 0 bridgehead atoms. The fourth-order valence-electron chi connectivity index (χ4n) is 2.31. The molecule has 134 valence electrons. The molecule has 26 heavy (non-hydrogen) atoms. The number of alkyl halides is 2. The van der Waals surface area contributed by atoms with Crippen LogP contribution in [0.5, 0.6) is 17.5 Å². The van der Waals surface area contributed by atoms with E-state index in [-0.39, 0.29) is 11.6 Å². The summed E-state index contributed by atoms with van der Waals surface area (Å²) in [6, 6.07) is 9.70. The van der Waals surface area contributed by atoms with Crippen molar-refractivity contribution in [2.75, 3.05) is 13.7 Å². The first-order valence-corrected chi connectivity index (χ1v) is 7.72. The number of ether oxygens (including phenoxy) is 2. The molecule has 0 saturated carbocycles. The number of hydrogen-bond donors (Lipinski definition) is 1. The van der Waals surface area contributed by atoms with Crippen LogP contribution in [0, 0.1) is 0 Å². The lowest BCUT2D eigenvalue weighted by Gasteiger charge is -2.14. The molecule has 0 atom stereocenters. The van der Waals surface area contributed by atoms with Gasteiger partial charge >= 0.3 is 5.92 Å². The fourth-order valence-corrected chi connectivity index (χ4v) is 2.31. The van der Waals surface area contributed by atoms with E-state index in [4.69, 9.17) is 15.2 Å². The Morgan fingerprint density at radius 3 is 2.19 bits per heavy atom. The van der Waals surface area contributed by atoms with Crippen molar-refractivity contribution in [1.29, 1.82) is 0 Å². The van der Waals surface area contributed by atoms with Crippen LogP contribution in [0.25, 0.3) is 11.1 Å². The third kappa shape index (κ3) is 3.60. The molecule has 3 aromatic heterocycles. The molecule has 8 heteroatoms. The lowest BCUT2D eigenvalue weighted by Crippen LogP contribution is -2.26. The predicted molar refractivity (Wildman–Crippen MR) is 91.3 cm³/mol. The summed E-state index contributed by atoms with van der Waals surface area (Å²) in [5.74, 6) is -2.22. The van der Waals surface area contributed by atoms with Crippen LogP contribution in [0.15, 0.2) is 55.0 Å². The Kier molecular flexibility index (Phi) is 5.04. The molecule has 0 saturated heterocycles. The average molecular weight is 358 g/mol. The van der Waals surface area contributed by atoms with Gasteiger partial charge in [-0.05, 0) is 36.4 Å². The maximum atomic E-state index is 13.6. The molecular weight excluding hydrogens is 342 g/mol. The van der Waals surface area contributed by atoms with Crippen LogP contribution < -0.4 is 15.2 Å². The summed E-state index contributed by atoms with van der Waals surface area (Å²) < 4.78 is 38.1. The van der Waals surface area contributed by atoms with Gasteiger partial charge in [-0.25, -0.2) is 9.97 Å². The van der Waals surface area contributed by atoms with Crippen LogP contribution >= 0.6 is 0 Å². The second kappa shape index (κ2) is 7.40. The molecule has 0 aromatic carbocycles. The minimum absolute atomic E-state index is 0.268. The highest BCUT2D eigenvalue weighted by Gasteiger charge is 2.31. The van der Waals surface area contributed by atoms with Crippen molar-refractivity contribution in [1.82, 2.24) is 15.0 Å². The van der Waals surface area contributed by atoms with Gasteiger partial charge < -0.3 is 15.2 Å². The number of rotatable bonds is 6. The SMILES string of the molecule is COc1ncccc1-c1cccnc1Oc1ccc(C(F)(F)CN)nc1. The Labute approximate surface area is 148 Å². The van der Waals surface area contributed by atoms with Gasteiger partial charge in [-0.15, -0.1) is 0 Å². The summed E-state index contributed by atoms with van der Waals surface area (Å²) in [5.41, 5.74) is 5.99. The van der Waals surface area contributed by atoms with E-state index >= 15 is 0 Å². The fraction of sp³-hybridized carbons (Fsp3) is 0.167. The summed E-state index contributed by atoms with van der Waals surface area (Å²) in [7, 11) is 1.52. The van der Waals surface area contributed by atoms with Crippen molar-refractivity contribution in [3.8, 4) is 28.6 Å². The summed E-state index contributed by atoms with van der Waals surface area (Å²) in [6.07, 6.45) is 4.38. The second-order valence-corrected chi connectivity index (χ2v) is 5.31. The Balaban J connectivity index is 1.92. The van der Waals surface area contributed by atoms with Crippen LogP contribution in [-0.4, -0.2) is 28.6 Å². The monoisotopic (exact) mass is 358 g/mol. The van der Waals surface area contributed by atoms with Crippen molar-refractivity contribution in [3.05, 3.63) is 60.7 Å². The predicted octanol–water partition coefficient (Wildman–Crippen LogP) is 3.39. The Bertz CT molecular complexity index is 888. The first kappa shape index (κ1) is 17.7. The maximum Gasteiger partial charge on any atom is 0.301 e. The normalized spacial score (nSPS) is 11.2. The molecule has 0 aliphatic carbocycles. The number of nitrogens with zero attached hydrogens (tertiary/aromatic N) is 3. The summed E-state index contributed by atoms with van der Waals surface area (Å²) in [6.45, 7) is -0.814. The third-order valence-electron chi connectivity index (χ3n) is 3.61. The Hall–Kier alpha value is -3.13. The smallest absolute Gasteiger partial charge is 0.301 e. The largest absolute Gasteiger partial charge is 0.481 e. The number of halogens is 2. The molecule has 0 fully saturated rings. The maximum absolute atomic E-state index is 13.6. The van der Waals surface area contributed by atoms with E-state index in [0.717, 1.165) is 0 Å². The van der Waals surface area contributed by atoms with Crippen LogP contribution in [0.3, 0.4) is 0 Å². The number of aromatic nitrogens is 3. The molecule has 0 amide bonds. The quantitative estimate of drug-likeness (QED) is 0.727. The van der Waals surface area contributed by atoms with E-state index in [1.807, 2.05) is 6.07 Å². The van der Waals surface area contributed by atoms with Gasteiger partial charge in [0.1, 0.15) is 11.4 Å². The number of hydrogen-bond acceptors (Lipinski definition) is 6. The Morgan fingerprint density at radius 2 is 1.62 bits per heavy atom. The lowest BCUT2D eigenvalue weighted by molar-refractivity contribution is 0.00133. The highest BCUT2D eigenvalue weighted by molar-refractivity contribution is 5.72. The van der Waals surface area contributed by atoms with E-state index in [2.05, 4.69) is 15.0 Å². The second-order valence-electron chi connectivity index (χ2n) is 5.31.